The predicted octanol–water partition coefficient (Wildman–Crippen LogP) is 3.58. The van der Waals surface area contributed by atoms with Crippen LogP contribution in [0.4, 0.5) is 0 Å². The molecule has 1 aromatic carbocycles. The molecule has 3 heteroatoms. The number of hydrogen-bond acceptors (Lipinski definition) is 3. The lowest BCUT2D eigenvalue weighted by molar-refractivity contribution is -0.0297. The summed E-state index contributed by atoms with van der Waals surface area (Å²) in [5, 5.41) is 11.1. The van der Waals surface area contributed by atoms with Crippen LogP contribution in [0.15, 0.2) is 36.4 Å². The number of ether oxygens (including phenoxy) is 1. The summed E-state index contributed by atoms with van der Waals surface area (Å²) in [6, 6.07) is 7.76. The number of hydrogen-bond donors (Lipinski definition) is 1. The first-order valence-corrected chi connectivity index (χ1v) is 7.78. The van der Waals surface area contributed by atoms with E-state index in [2.05, 4.69) is 25.7 Å². The maximum absolute atomic E-state index is 11.1. The summed E-state index contributed by atoms with van der Waals surface area (Å²) in [5.74, 6) is 0.750. The summed E-state index contributed by atoms with van der Waals surface area (Å²) in [5.41, 5.74) is -0.118. The van der Waals surface area contributed by atoms with Gasteiger partial charge in [-0.2, -0.15) is 0 Å². The van der Waals surface area contributed by atoms with Gasteiger partial charge in [-0.05, 0) is 39.9 Å². The van der Waals surface area contributed by atoms with Crippen molar-refractivity contribution in [2.75, 3.05) is 19.7 Å². The van der Waals surface area contributed by atoms with E-state index in [-0.39, 0.29) is 6.04 Å². The van der Waals surface area contributed by atoms with E-state index in [1.165, 1.54) is 0 Å². The van der Waals surface area contributed by atoms with Crippen LogP contribution in [0.1, 0.15) is 40.2 Å². The summed E-state index contributed by atoms with van der Waals surface area (Å²) >= 11 is 0. The number of aliphatic hydroxyl groups is 1. The van der Waals surface area contributed by atoms with Crippen LogP contribution in [-0.2, 0) is 5.60 Å². The Balaban J connectivity index is 3.06. The Morgan fingerprint density at radius 3 is 2.48 bits per heavy atom. The van der Waals surface area contributed by atoms with E-state index in [9.17, 15) is 5.11 Å². The molecule has 0 radical (unpaired) electrons. The molecular weight excluding hydrogens is 262 g/mol. The standard InChI is InChI=1S/C18H29NO2/c1-6-9-14-21-17-13-11-10-12-16(17)18(5,20)15(4)19(7-2)8-3/h6,9-13,15,20H,7-8,14H2,1-5H3/b9-6+. The summed E-state index contributed by atoms with van der Waals surface area (Å²) < 4.78 is 5.80. The summed E-state index contributed by atoms with van der Waals surface area (Å²) in [4.78, 5) is 2.25. The first-order chi connectivity index (χ1) is 9.98. The van der Waals surface area contributed by atoms with Crippen LogP contribution < -0.4 is 4.74 Å². The van der Waals surface area contributed by atoms with Gasteiger partial charge in [-0.25, -0.2) is 0 Å². The Labute approximate surface area is 129 Å². The minimum absolute atomic E-state index is 0.0129. The molecular formula is C18H29NO2. The van der Waals surface area contributed by atoms with Crippen LogP contribution in [0.5, 0.6) is 5.75 Å². The monoisotopic (exact) mass is 291 g/mol. The third-order valence-electron chi connectivity index (χ3n) is 4.18. The maximum atomic E-state index is 11.1. The highest BCUT2D eigenvalue weighted by molar-refractivity contribution is 5.38. The van der Waals surface area contributed by atoms with Gasteiger partial charge in [-0.3, -0.25) is 4.90 Å². The van der Waals surface area contributed by atoms with Crippen molar-refractivity contribution in [2.45, 2.75) is 46.3 Å². The lowest BCUT2D eigenvalue weighted by Gasteiger charge is -2.38. The molecule has 2 atom stereocenters. The molecule has 0 saturated heterocycles. The fourth-order valence-corrected chi connectivity index (χ4v) is 2.60. The summed E-state index contributed by atoms with van der Waals surface area (Å²) in [6.45, 7) is 12.5. The average molecular weight is 291 g/mol. The third kappa shape index (κ3) is 4.32. The second-order valence-electron chi connectivity index (χ2n) is 5.42. The second kappa shape index (κ2) is 8.20. The highest BCUT2D eigenvalue weighted by atomic mass is 16.5. The molecule has 3 nitrogen and oxygen atoms in total. The largest absolute Gasteiger partial charge is 0.489 e. The van der Waals surface area contributed by atoms with Crippen molar-refractivity contribution in [3.8, 4) is 5.75 Å². The van der Waals surface area contributed by atoms with E-state index in [0.717, 1.165) is 24.4 Å². The van der Waals surface area contributed by atoms with Gasteiger partial charge in [-0.1, -0.05) is 44.2 Å². The molecule has 0 aliphatic carbocycles. The highest BCUT2D eigenvalue weighted by Crippen LogP contribution is 2.34. The van der Waals surface area contributed by atoms with Crippen molar-refractivity contribution < 1.29 is 9.84 Å². The first kappa shape index (κ1) is 17.7. The van der Waals surface area contributed by atoms with Crippen molar-refractivity contribution in [2.24, 2.45) is 0 Å². The first-order valence-electron chi connectivity index (χ1n) is 7.78. The Morgan fingerprint density at radius 2 is 1.90 bits per heavy atom. The van der Waals surface area contributed by atoms with Crippen LogP contribution in [0.25, 0.3) is 0 Å². The Bertz CT molecular complexity index is 450. The van der Waals surface area contributed by atoms with Gasteiger partial charge in [0.05, 0.1) is 0 Å². The molecule has 0 aromatic heterocycles. The number of rotatable bonds is 8. The van der Waals surface area contributed by atoms with Gasteiger partial charge >= 0.3 is 0 Å². The van der Waals surface area contributed by atoms with Crippen molar-refractivity contribution in [1.82, 2.24) is 4.90 Å². The molecule has 0 aliphatic rings. The van der Waals surface area contributed by atoms with Gasteiger partial charge in [0.1, 0.15) is 18.0 Å². The maximum Gasteiger partial charge on any atom is 0.125 e. The van der Waals surface area contributed by atoms with Crippen LogP contribution in [0.2, 0.25) is 0 Å². The fourth-order valence-electron chi connectivity index (χ4n) is 2.60. The highest BCUT2D eigenvalue weighted by Gasteiger charge is 2.35. The number of para-hydroxylation sites is 1. The molecule has 0 heterocycles. The quantitative estimate of drug-likeness (QED) is 0.743. The van der Waals surface area contributed by atoms with Gasteiger partial charge in [0.2, 0.25) is 0 Å². The Hall–Kier alpha value is -1.32. The molecule has 0 aliphatic heterocycles. The molecule has 21 heavy (non-hydrogen) atoms. The van der Waals surface area contributed by atoms with E-state index in [1.807, 2.05) is 50.3 Å². The zero-order valence-corrected chi connectivity index (χ0v) is 14.0. The SMILES string of the molecule is C/C=C/COc1ccccc1C(C)(O)C(C)N(CC)CC. The van der Waals surface area contributed by atoms with Crippen LogP contribution in [0, 0.1) is 0 Å². The van der Waals surface area contributed by atoms with Gasteiger partial charge in [-0.15, -0.1) is 0 Å². The van der Waals surface area contributed by atoms with Gasteiger partial charge in [0.25, 0.3) is 0 Å². The molecule has 0 saturated carbocycles. The molecule has 1 N–H and O–H groups in total. The van der Waals surface area contributed by atoms with Crippen LogP contribution in [-0.4, -0.2) is 35.7 Å². The van der Waals surface area contributed by atoms with E-state index < -0.39 is 5.60 Å². The second-order valence-corrected chi connectivity index (χ2v) is 5.42. The molecule has 0 spiro atoms. The molecule has 118 valence electrons. The number of nitrogens with zero attached hydrogens (tertiary/aromatic N) is 1. The Morgan fingerprint density at radius 1 is 1.29 bits per heavy atom. The van der Waals surface area contributed by atoms with Crippen LogP contribution in [0.3, 0.4) is 0 Å². The van der Waals surface area contributed by atoms with E-state index in [1.54, 1.807) is 0 Å². The topological polar surface area (TPSA) is 32.7 Å². The van der Waals surface area contributed by atoms with Crippen molar-refractivity contribution in [3.05, 3.63) is 42.0 Å². The molecule has 2 unspecified atom stereocenters. The normalized spacial score (nSPS) is 16.1. The van der Waals surface area contributed by atoms with Gasteiger partial charge in [0, 0.05) is 11.6 Å². The molecule has 0 fully saturated rings. The molecule has 1 aromatic rings. The summed E-state index contributed by atoms with van der Waals surface area (Å²) in [7, 11) is 0. The van der Waals surface area contributed by atoms with Crippen molar-refractivity contribution in [1.29, 1.82) is 0 Å². The third-order valence-corrected chi connectivity index (χ3v) is 4.18. The minimum Gasteiger partial charge on any atom is -0.489 e. The zero-order chi connectivity index (χ0) is 15.9. The Kier molecular flexibility index (Phi) is 6.93. The average Bonchev–Trinajstić information content (AvgIpc) is 2.49. The lowest BCUT2D eigenvalue weighted by Crippen LogP contribution is -2.47. The minimum atomic E-state index is -0.960. The lowest BCUT2D eigenvalue weighted by atomic mass is 9.87. The predicted molar refractivity (Wildman–Crippen MR) is 88.7 cm³/mol. The number of allylic oxidation sites excluding steroid dienone is 1. The number of benzene rings is 1. The zero-order valence-electron chi connectivity index (χ0n) is 14.0. The van der Waals surface area contributed by atoms with Crippen molar-refractivity contribution in [3.63, 3.8) is 0 Å². The van der Waals surface area contributed by atoms with E-state index >= 15 is 0 Å². The summed E-state index contributed by atoms with van der Waals surface area (Å²) in [6.07, 6.45) is 3.92. The van der Waals surface area contributed by atoms with Crippen LogP contribution >= 0.6 is 0 Å². The number of likely N-dealkylation sites (N-methyl/N-ethyl adjacent to an activating group) is 1. The smallest absolute Gasteiger partial charge is 0.125 e. The van der Waals surface area contributed by atoms with E-state index in [0.29, 0.717) is 6.61 Å². The van der Waals surface area contributed by atoms with Gasteiger partial charge in [0.15, 0.2) is 0 Å². The molecule has 0 bridgehead atoms. The van der Waals surface area contributed by atoms with Crippen molar-refractivity contribution >= 4 is 0 Å². The molecule has 0 amide bonds. The van der Waals surface area contributed by atoms with Gasteiger partial charge < -0.3 is 9.84 Å². The fraction of sp³-hybridized carbons (Fsp3) is 0.556. The van der Waals surface area contributed by atoms with E-state index in [4.69, 9.17) is 4.74 Å². The molecule has 1 rings (SSSR count).